The minimum absolute atomic E-state index is 0.0359. The molecular formula is C24H27N5O3. The largest absolute Gasteiger partial charge is 0.512 e. The van der Waals surface area contributed by atoms with E-state index in [0.29, 0.717) is 45.9 Å². The molecule has 8 nitrogen and oxygen atoms in total. The molecule has 0 spiro atoms. The first kappa shape index (κ1) is 22.7. The maximum absolute atomic E-state index is 10.2. The van der Waals surface area contributed by atoms with Crippen LogP contribution in [0.15, 0.2) is 48.4 Å². The van der Waals surface area contributed by atoms with E-state index in [-0.39, 0.29) is 11.5 Å². The van der Waals surface area contributed by atoms with Gasteiger partial charge in [-0.2, -0.15) is 5.10 Å². The highest BCUT2D eigenvalue weighted by Gasteiger charge is 2.16. The van der Waals surface area contributed by atoms with Gasteiger partial charge in [0, 0.05) is 29.3 Å². The van der Waals surface area contributed by atoms with Crippen molar-refractivity contribution in [3.05, 3.63) is 71.0 Å². The van der Waals surface area contributed by atoms with Crippen molar-refractivity contribution in [2.45, 2.75) is 27.2 Å². The highest BCUT2D eigenvalue weighted by molar-refractivity contribution is 6.22. The zero-order chi connectivity index (χ0) is 23.3. The van der Waals surface area contributed by atoms with Crippen LogP contribution in [0, 0.1) is 12.3 Å². The Morgan fingerprint density at radius 1 is 1.09 bits per heavy atom. The van der Waals surface area contributed by atoms with Gasteiger partial charge in [0.05, 0.1) is 42.9 Å². The number of aliphatic hydroxyl groups is 1. The lowest BCUT2D eigenvalue weighted by atomic mass is 9.99. The van der Waals surface area contributed by atoms with Gasteiger partial charge in [0.15, 0.2) is 0 Å². The van der Waals surface area contributed by atoms with Gasteiger partial charge < -0.3 is 25.0 Å². The fourth-order valence-electron chi connectivity index (χ4n) is 3.37. The number of aliphatic hydroxyl groups excluding tert-OH is 1. The van der Waals surface area contributed by atoms with Gasteiger partial charge in [-0.05, 0) is 44.5 Å². The molecule has 0 aliphatic rings. The zero-order valence-corrected chi connectivity index (χ0v) is 18.9. The molecule has 0 aliphatic heterocycles. The molecule has 1 heterocycles. The van der Waals surface area contributed by atoms with E-state index in [1.165, 1.54) is 0 Å². The maximum atomic E-state index is 10.2. The predicted molar refractivity (Wildman–Crippen MR) is 125 cm³/mol. The first-order valence-corrected chi connectivity index (χ1v) is 10.0. The Morgan fingerprint density at radius 2 is 1.88 bits per heavy atom. The number of nitrogens with zero attached hydrogens (tertiary/aromatic N) is 3. The number of ether oxygens (including phenoxy) is 2. The number of allylic oxidation sites excluding steroid dienone is 2. The number of hydrogen-bond donors (Lipinski definition) is 3. The summed E-state index contributed by atoms with van der Waals surface area (Å²) in [5, 5.41) is 26.9. The number of nitrogens with one attached hydrogen (secondary N) is 2. The lowest BCUT2D eigenvalue weighted by Crippen LogP contribution is -2.02. The average molecular weight is 434 g/mol. The van der Waals surface area contributed by atoms with E-state index in [9.17, 15) is 5.11 Å². The molecule has 0 aliphatic carbocycles. The van der Waals surface area contributed by atoms with Gasteiger partial charge in [-0.25, -0.2) is 0 Å². The fourth-order valence-corrected chi connectivity index (χ4v) is 3.37. The molecule has 0 atom stereocenters. The minimum Gasteiger partial charge on any atom is -0.512 e. The number of benzene rings is 2. The second-order valence-corrected chi connectivity index (χ2v) is 7.35. The van der Waals surface area contributed by atoms with E-state index in [4.69, 9.17) is 14.9 Å². The summed E-state index contributed by atoms with van der Waals surface area (Å²) in [7, 11) is 3.18. The smallest absolute Gasteiger partial charge is 0.133 e. The Hall–Kier alpha value is -3.94. The third-order valence-corrected chi connectivity index (χ3v) is 4.83. The highest BCUT2D eigenvalue weighted by atomic mass is 16.5. The summed E-state index contributed by atoms with van der Waals surface area (Å²) in [6.07, 6.45) is 2.12. The summed E-state index contributed by atoms with van der Waals surface area (Å²) in [5.74, 6) is 1.92. The molecule has 2 aromatic carbocycles. The third-order valence-electron chi connectivity index (χ3n) is 4.83. The van der Waals surface area contributed by atoms with Gasteiger partial charge in [-0.1, -0.05) is 12.1 Å². The molecule has 0 bridgehead atoms. The molecule has 0 unspecified atom stereocenters. The van der Waals surface area contributed by atoms with Crippen LogP contribution in [0.3, 0.4) is 0 Å². The van der Waals surface area contributed by atoms with Gasteiger partial charge >= 0.3 is 0 Å². The van der Waals surface area contributed by atoms with Gasteiger partial charge in [0.1, 0.15) is 17.3 Å². The monoisotopic (exact) mass is 433 g/mol. The number of aromatic amines is 1. The number of fused-ring (bicyclic) bond motifs is 1. The van der Waals surface area contributed by atoms with Crippen molar-refractivity contribution in [3.8, 4) is 11.5 Å². The lowest BCUT2D eigenvalue weighted by molar-refractivity contribution is 0.409. The van der Waals surface area contributed by atoms with Crippen LogP contribution in [0.4, 0.5) is 0 Å². The first-order valence-electron chi connectivity index (χ1n) is 10.0. The van der Waals surface area contributed by atoms with E-state index in [0.717, 1.165) is 11.3 Å². The second-order valence-electron chi connectivity index (χ2n) is 7.35. The summed E-state index contributed by atoms with van der Waals surface area (Å²) in [4.78, 5) is 7.87. The maximum Gasteiger partial charge on any atom is 0.133 e. The molecule has 32 heavy (non-hydrogen) atoms. The van der Waals surface area contributed by atoms with Crippen LogP contribution >= 0.6 is 0 Å². The number of hydrogen-bond acceptors (Lipinski definition) is 7. The quantitative estimate of drug-likeness (QED) is 0.382. The van der Waals surface area contributed by atoms with Crippen LogP contribution in [0.25, 0.3) is 16.6 Å². The molecule has 0 saturated heterocycles. The van der Waals surface area contributed by atoms with E-state index >= 15 is 0 Å². The van der Waals surface area contributed by atoms with Gasteiger partial charge in [-0.3, -0.25) is 4.98 Å². The Kier molecular flexibility index (Phi) is 7.04. The number of methoxy groups -OCH3 is 2. The second kappa shape index (κ2) is 9.91. The van der Waals surface area contributed by atoms with Crippen LogP contribution in [-0.4, -0.2) is 45.2 Å². The zero-order valence-electron chi connectivity index (χ0n) is 18.9. The summed E-state index contributed by atoms with van der Waals surface area (Å²) in [5.41, 5.74) is 4.13. The molecule has 0 radical (unpaired) electrons. The Labute approximate surface area is 186 Å². The summed E-state index contributed by atoms with van der Waals surface area (Å²) >= 11 is 0. The molecule has 3 N–H and O–H groups in total. The van der Waals surface area contributed by atoms with Crippen molar-refractivity contribution in [2.24, 2.45) is 0 Å². The van der Waals surface area contributed by atoms with E-state index in [1.54, 1.807) is 46.4 Å². The summed E-state index contributed by atoms with van der Waals surface area (Å²) in [6.45, 7) is 4.98. The number of rotatable bonds is 6. The van der Waals surface area contributed by atoms with Crippen molar-refractivity contribution < 1.29 is 14.6 Å². The molecule has 166 valence electrons. The van der Waals surface area contributed by atoms with E-state index in [2.05, 4.69) is 20.2 Å². The number of aromatic nitrogens is 4. The van der Waals surface area contributed by atoms with Crippen LogP contribution in [0.1, 0.15) is 36.5 Å². The molecule has 3 rings (SSSR count). The van der Waals surface area contributed by atoms with Crippen molar-refractivity contribution in [1.29, 1.82) is 5.41 Å². The van der Waals surface area contributed by atoms with Crippen molar-refractivity contribution in [2.75, 3.05) is 14.2 Å². The Balaban J connectivity index is 2.26. The van der Waals surface area contributed by atoms with E-state index in [1.807, 2.05) is 31.2 Å². The van der Waals surface area contributed by atoms with Crippen molar-refractivity contribution >= 4 is 22.3 Å². The highest BCUT2D eigenvalue weighted by Crippen LogP contribution is 2.31. The number of aryl methyl sites for hydroxylation is 1. The lowest BCUT2D eigenvalue weighted by Gasteiger charge is -2.13. The molecule has 0 amide bonds. The SMILES string of the molecule is COc1cccc(Cc2nnc(C)cnc3cc(/C(C(C)=N)=C(\C)O)c(OC)cc3[nH]2)c1. The molecule has 8 heteroatoms. The number of H-pyrrole nitrogens is 1. The molecule has 0 fully saturated rings. The predicted octanol–water partition coefficient (Wildman–Crippen LogP) is 4.72. The summed E-state index contributed by atoms with van der Waals surface area (Å²) in [6, 6.07) is 11.3. The molecule has 1 aromatic heterocycles. The minimum atomic E-state index is 0.0359. The molecule has 0 saturated carbocycles. The van der Waals surface area contributed by atoms with Gasteiger partial charge in [0.2, 0.25) is 0 Å². The normalized spacial score (nSPS) is 11.5. The van der Waals surface area contributed by atoms with Crippen molar-refractivity contribution in [1.82, 2.24) is 20.2 Å². The van der Waals surface area contributed by atoms with Crippen molar-refractivity contribution in [3.63, 3.8) is 0 Å². The van der Waals surface area contributed by atoms with Gasteiger partial charge in [-0.15, -0.1) is 5.10 Å². The molecular weight excluding hydrogens is 406 g/mol. The summed E-state index contributed by atoms with van der Waals surface area (Å²) < 4.78 is 10.9. The fraction of sp³-hybridized carbons (Fsp3) is 0.250. The van der Waals surface area contributed by atoms with Crippen LogP contribution in [-0.2, 0) is 6.42 Å². The van der Waals surface area contributed by atoms with Crippen LogP contribution in [0.5, 0.6) is 11.5 Å². The Bertz CT molecular complexity index is 1240. The van der Waals surface area contributed by atoms with Crippen LogP contribution < -0.4 is 9.47 Å². The van der Waals surface area contributed by atoms with Crippen LogP contribution in [0.2, 0.25) is 0 Å². The topological polar surface area (TPSA) is 117 Å². The van der Waals surface area contributed by atoms with Gasteiger partial charge in [0.25, 0.3) is 0 Å². The molecule has 3 aromatic rings. The third kappa shape index (κ3) is 5.21. The van der Waals surface area contributed by atoms with E-state index < -0.39 is 0 Å². The Morgan fingerprint density at radius 3 is 2.53 bits per heavy atom. The standard InChI is InChI=1S/C24H27N5O3/c1-14-13-26-20-11-19(24(15(2)25)16(3)30)22(32-5)12-21(20)27-23(29-28-14)10-17-7-6-8-18(9-17)31-4/h6-9,11-13,25,30H,10H2,1-5H3,(H,27,29)/b24-16+,25-15?,26-13?,28-14?. The first-order chi connectivity index (χ1) is 15.3. The average Bonchev–Trinajstić information content (AvgIpc) is 2.83.